The molecule has 2 atom stereocenters. The normalized spacial score (nSPS) is 22.2. The lowest BCUT2D eigenvalue weighted by Crippen LogP contribution is -2.33. The number of aliphatic hydroxyl groups is 1. The molecule has 0 bridgehead atoms. The molecular weight excluding hydrogens is 298 g/mol. The largest absolute Gasteiger partial charge is 0.396 e. The van der Waals surface area contributed by atoms with Crippen LogP contribution in [0.1, 0.15) is 39.2 Å². The van der Waals surface area contributed by atoms with E-state index in [2.05, 4.69) is 25.5 Å². The lowest BCUT2D eigenvalue weighted by Gasteiger charge is -2.23. The molecule has 0 amide bonds. The van der Waals surface area contributed by atoms with Gasteiger partial charge in [-0.15, -0.1) is 0 Å². The average molecular weight is 323 g/mol. The minimum atomic E-state index is -3.53. The molecule has 122 valence electrons. The summed E-state index contributed by atoms with van der Waals surface area (Å²) in [5.74, 6) is 0.0421. The summed E-state index contributed by atoms with van der Waals surface area (Å²) in [6, 6.07) is 6.86. The van der Waals surface area contributed by atoms with Gasteiger partial charge in [0, 0.05) is 18.6 Å². The molecule has 0 radical (unpaired) electrons. The van der Waals surface area contributed by atoms with Crippen molar-refractivity contribution < 1.29 is 13.5 Å². The van der Waals surface area contributed by atoms with Crippen LogP contribution in [0.25, 0.3) is 0 Å². The minimum absolute atomic E-state index is 0.0399. The molecule has 0 spiro atoms. The predicted octanol–water partition coefficient (Wildman–Crippen LogP) is 2.59. The van der Waals surface area contributed by atoms with E-state index in [0.29, 0.717) is 6.42 Å². The number of nitrogens with one attached hydrogen (secondary N) is 1. The first-order valence-corrected chi connectivity index (χ1v) is 9.19. The lowest BCUT2D eigenvalue weighted by molar-refractivity contribution is 0.248. The fourth-order valence-corrected chi connectivity index (χ4v) is 3.76. The van der Waals surface area contributed by atoms with Crippen molar-refractivity contribution in [2.45, 2.75) is 50.0 Å². The number of hydrogen-bond donors (Lipinski definition) is 2. The van der Waals surface area contributed by atoms with Gasteiger partial charge in [-0.3, -0.25) is 0 Å². The summed E-state index contributed by atoms with van der Waals surface area (Å²) < 4.78 is 27.5. The van der Waals surface area contributed by atoms with E-state index >= 15 is 0 Å². The van der Waals surface area contributed by atoms with Crippen LogP contribution in [0.4, 0.5) is 0 Å². The fraction of sp³-hybridized carbons (Fsp3) is 0.529. The van der Waals surface area contributed by atoms with Crippen molar-refractivity contribution in [3.8, 4) is 0 Å². The average Bonchev–Trinajstić information content (AvgIpc) is 2.94. The maximum atomic E-state index is 12.4. The van der Waals surface area contributed by atoms with Crippen LogP contribution in [-0.2, 0) is 15.4 Å². The number of benzene rings is 1. The van der Waals surface area contributed by atoms with Crippen LogP contribution in [0.15, 0.2) is 41.3 Å². The maximum absolute atomic E-state index is 12.4. The first-order valence-electron chi connectivity index (χ1n) is 7.70. The van der Waals surface area contributed by atoms with Crippen LogP contribution in [-0.4, -0.2) is 26.2 Å². The Bertz CT molecular complexity index is 632. The van der Waals surface area contributed by atoms with Crippen molar-refractivity contribution in [3.63, 3.8) is 0 Å². The number of aliphatic hydroxyl groups excluding tert-OH is 1. The zero-order chi connectivity index (χ0) is 16.4. The monoisotopic (exact) mass is 323 g/mol. The minimum Gasteiger partial charge on any atom is -0.396 e. The number of rotatable bonds is 6. The molecule has 0 saturated heterocycles. The second-order valence-electron chi connectivity index (χ2n) is 6.55. The van der Waals surface area contributed by atoms with Crippen LogP contribution in [0.3, 0.4) is 0 Å². The Labute approximate surface area is 133 Å². The highest BCUT2D eigenvalue weighted by molar-refractivity contribution is 7.89. The highest BCUT2D eigenvalue weighted by atomic mass is 32.2. The summed E-state index contributed by atoms with van der Waals surface area (Å²) in [5.41, 5.74) is 1.17. The van der Waals surface area contributed by atoms with E-state index < -0.39 is 10.0 Å². The third kappa shape index (κ3) is 3.77. The van der Waals surface area contributed by atoms with Gasteiger partial charge >= 0.3 is 0 Å². The predicted molar refractivity (Wildman–Crippen MR) is 88.2 cm³/mol. The molecule has 1 aromatic rings. The summed E-state index contributed by atoms with van der Waals surface area (Å²) in [6.45, 7) is 6.46. The van der Waals surface area contributed by atoms with Crippen LogP contribution in [0.2, 0.25) is 0 Å². The smallest absolute Gasteiger partial charge is 0.241 e. The standard InChI is InChI=1S/C17H25NO3S/c1-4-17(2,3)14-6-9-16(10-7-14)22(20,21)18-15-8-5-13(11-15)12-19/h5-10,13,15,18-19H,4,11-12H2,1-3H3/t13-,15+/m0/s1. The van der Waals surface area contributed by atoms with Gasteiger partial charge in [-0.2, -0.15) is 0 Å². The first-order chi connectivity index (χ1) is 10.3. The van der Waals surface area contributed by atoms with Gasteiger partial charge in [0.25, 0.3) is 0 Å². The molecule has 0 unspecified atom stereocenters. The van der Waals surface area contributed by atoms with Gasteiger partial charge in [-0.25, -0.2) is 13.1 Å². The van der Waals surface area contributed by atoms with Gasteiger partial charge in [0.2, 0.25) is 10.0 Å². The molecular formula is C17H25NO3S. The quantitative estimate of drug-likeness (QED) is 0.791. The van der Waals surface area contributed by atoms with E-state index in [9.17, 15) is 8.42 Å². The van der Waals surface area contributed by atoms with E-state index in [1.807, 2.05) is 24.3 Å². The lowest BCUT2D eigenvalue weighted by atomic mass is 9.82. The molecule has 0 heterocycles. The Balaban J connectivity index is 2.12. The molecule has 1 aliphatic rings. The van der Waals surface area contributed by atoms with Crippen molar-refractivity contribution in [2.75, 3.05) is 6.61 Å². The van der Waals surface area contributed by atoms with Crippen molar-refractivity contribution in [2.24, 2.45) is 5.92 Å². The van der Waals surface area contributed by atoms with E-state index in [0.717, 1.165) is 12.0 Å². The van der Waals surface area contributed by atoms with Gasteiger partial charge in [-0.05, 0) is 36.0 Å². The van der Waals surface area contributed by atoms with E-state index in [1.54, 1.807) is 12.1 Å². The molecule has 0 aromatic heterocycles. The van der Waals surface area contributed by atoms with Crippen molar-refractivity contribution in [3.05, 3.63) is 42.0 Å². The second-order valence-corrected chi connectivity index (χ2v) is 8.27. The third-order valence-corrected chi connectivity index (χ3v) is 6.05. The summed E-state index contributed by atoms with van der Waals surface area (Å²) in [4.78, 5) is 0.281. The Hall–Kier alpha value is -1.17. The molecule has 4 nitrogen and oxygen atoms in total. The Morgan fingerprint density at radius 1 is 1.23 bits per heavy atom. The van der Waals surface area contributed by atoms with E-state index in [1.165, 1.54) is 0 Å². The van der Waals surface area contributed by atoms with Crippen LogP contribution < -0.4 is 4.72 Å². The Morgan fingerprint density at radius 2 is 1.86 bits per heavy atom. The Kier molecular flexibility index (Phi) is 5.10. The van der Waals surface area contributed by atoms with Gasteiger partial charge in [0.05, 0.1) is 4.90 Å². The summed E-state index contributed by atoms with van der Waals surface area (Å²) in [5, 5.41) is 9.10. The van der Waals surface area contributed by atoms with Crippen molar-refractivity contribution >= 4 is 10.0 Å². The molecule has 1 aromatic carbocycles. The van der Waals surface area contributed by atoms with Crippen LogP contribution in [0, 0.1) is 5.92 Å². The molecule has 2 N–H and O–H groups in total. The fourth-order valence-electron chi connectivity index (χ4n) is 2.55. The molecule has 5 heteroatoms. The highest BCUT2D eigenvalue weighted by Crippen LogP contribution is 2.27. The van der Waals surface area contributed by atoms with Crippen LogP contribution >= 0.6 is 0 Å². The van der Waals surface area contributed by atoms with Crippen LogP contribution in [0.5, 0.6) is 0 Å². The molecule has 2 rings (SSSR count). The second kappa shape index (κ2) is 6.52. The molecule has 0 aliphatic heterocycles. The topological polar surface area (TPSA) is 66.4 Å². The van der Waals surface area contributed by atoms with Gasteiger partial charge in [0.15, 0.2) is 0 Å². The van der Waals surface area contributed by atoms with Gasteiger partial charge in [0.1, 0.15) is 0 Å². The zero-order valence-electron chi connectivity index (χ0n) is 13.4. The van der Waals surface area contributed by atoms with E-state index in [4.69, 9.17) is 5.11 Å². The van der Waals surface area contributed by atoms with Gasteiger partial charge < -0.3 is 5.11 Å². The summed E-state index contributed by atoms with van der Waals surface area (Å²) in [7, 11) is -3.53. The SMILES string of the molecule is CCC(C)(C)c1ccc(S(=O)(=O)N[C@@H]2C=C[C@H](CO)C2)cc1. The molecule has 22 heavy (non-hydrogen) atoms. The molecule has 1 aliphatic carbocycles. The molecule has 0 fully saturated rings. The Morgan fingerprint density at radius 3 is 2.36 bits per heavy atom. The third-order valence-electron chi connectivity index (χ3n) is 4.54. The first kappa shape index (κ1) is 17.2. The van der Waals surface area contributed by atoms with Crippen molar-refractivity contribution in [1.82, 2.24) is 4.72 Å². The summed E-state index contributed by atoms with van der Waals surface area (Å²) >= 11 is 0. The van der Waals surface area contributed by atoms with Crippen molar-refractivity contribution in [1.29, 1.82) is 0 Å². The molecule has 0 saturated carbocycles. The summed E-state index contributed by atoms with van der Waals surface area (Å²) in [6.07, 6.45) is 5.27. The number of hydrogen-bond acceptors (Lipinski definition) is 3. The van der Waals surface area contributed by atoms with Gasteiger partial charge in [-0.1, -0.05) is 45.1 Å². The number of sulfonamides is 1. The zero-order valence-corrected chi connectivity index (χ0v) is 14.2. The van der Waals surface area contributed by atoms with E-state index in [-0.39, 0.29) is 28.9 Å². The maximum Gasteiger partial charge on any atom is 0.241 e. The highest BCUT2D eigenvalue weighted by Gasteiger charge is 2.25.